The van der Waals surface area contributed by atoms with Crippen LogP contribution in [0.3, 0.4) is 0 Å². The van der Waals surface area contributed by atoms with Crippen LogP contribution in [-0.4, -0.2) is 11.1 Å². The van der Waals surface area contributed by atoms with Gasteiger partial charge in [-0.05, 0) is 52.1 Å². The van der Waals surface area contributed by atoms with Crippen LogP contribution in [0.5, 0.6) is 0 Å². The first-order valence-corrected chi connectivity index (χ1v) is 8.14. The Bertz CT molecular complexity index is 944. The smallest absolute Gasteiger partial charge is 0.179 e. The zero-order valence-corrected chi connectivity index (χ0v) is 14.2. The summed E-state index contributed by atoms with van der Waals surface area (Å²) in [4.78, 5) is 1.72. The predicted molar refractivity (Wildman–Crippen MR) is 99.3 cm³/mol. The summed E-state index contributed by atoms with van der Waals surface area (Å²) in [6.07, 6.45) is 4.84. The summed E-state index contributed by atoms with van der Waals surface area (Å²) in [6, 6.07) is 13.8. The Kier molecular flexibility index (Phi) is 4.87. The van der Waals surface area contributed by atoms with Gasteiger partial charge in [0.2, 0.25) is 0 Å². The monoisotopic (exact) mass is 342 g/mol. The SMILES string of the molecule is N#Cc1ccc(-c2cc(CN/C(N)=C/C=N)cc3c2CN(C#N)C3)cc1. The minimum atomic E-state index is 0.430. The van der Waals surface area contributed by atoms with Crippen molar-refractivity contribution in [2.24, 2.45) is 5.73 Å². The second-order valence-electron chi connectivity index (χ2n) is 6.07. The quantitative estimate of drug-likeness (QED) is 0.571. The summed E-state index contributed by atoms with van der Waals surface area (Å²) >= 11 is 0. The van der Waals surface area contributed by atoms with Crippen molar-refractivity contribution < 1.29 is 0 Å². The van der Waals surface area contributed by atoms with E-state index >= 15 is 0 Å². The van der Waals surface area contributed by atoms with Crippen LogP contribution in [0.25, 0.3) is 11.1 Å². The lowest BCUT2D eigenvalue weighted by Gasteiger charge is -2.13. The minimum absolute atomic E-state index is 0.430. The Balaban J connectivity index is 1.99. The number of rotatable bonds is 5. The number of fused-ring (bicyclic) bond motifs is 1. The zero-order chi connectivity index (χ0) is 18.5. The molecular weight excluding hydrogens is 324 g/mol. The highest BCUT2D eigenvalue weighted by Crippen LogP contribution is 2.34. The van der Waals surface area contributed by atoms with Crippen LogP contribution in [0.4, 0.5) is 0 Å². The zero-order valence-electron chi connectivity index (χ0n) is 14.2. The van der Waals surface area contributed by atoms with E-state index in [0.29, 0.717) is 31.0 Å². The van der Waals surface area contributed by atoms with Gasteiger partial charge in [-0.15, -0.1) is 0 Å². The van der Waals surface area contributed by atoms with E-state index in [2.05, 4.69) is 29.7 Å². The topological polar surface area (TPSA) is 113 Å². The number of benzene rings is 2. The first-order chi connectivity index (χ1) is 12.6. The van der Waals surface area contributed by atoms with Gasteiger partial charge < -0.3 is 21.4 Å². The van der Waals surface area contributed by atoms with Crippen LogP contribution in [0.1, 0.15) is 22.3 Å². The number of nitrogens with two attached hydrogens (primary N) is 1. The van der Waals surface area contributed by atoms with Gasteiger partial charge in [-0.3, -0.25) is 0 Å². The summed E-state index contributed by atoms with van der Waals surface area (Å²) < 4.78 is 0. The average molecular weight is 342 g/mol. The van der Waals surface area contributed by atoms with Crippen LogP contribution < -0.4 is 11.1 Å². The number of allylic oxidation sites excluding steroid dienone is 1. The van der Waals surface area contributed by atoms with Gasteiger partial charge >= 0.3 is 0 Å². The maximum atomic E-state index is 9.25. The maximum absolute atomic E-state index is 9.25. The fourth-order valence-electron chi connectivity index (χ4n) is 3.09. The Morgan fingerprint density at radius 2 is 2.00 bits per heavy atom. The van der Waals surface area contributed by atoms with Crippen LogP contribution in [-0.2, 0) is 19.6 Å². The summed E-state index contributed by atoms with van der Waals surface area (Å²) in [5.41, 5.74) is 11.8. The van der Waals surface area contributed by atoms with E-state index in [1.54, 1.807) is 17.0 Å². The van der Waals surface area contributed by atoms with E-state index in [9.17, 15) is 5.26 Å². The van der Waals surface area contributed by atoms with Crippen molar-refractivity contribution in [1.29, 1.82) is 15.9 Å². The van der Waals surface area contributed by atoms with Crippen LogP contribution in [0, 0.1) is 28.2 Å². The third-order valence-corrected chi connectivity index (χ3v) is 4.34. The largest absolute Gasteiger partial charge is 0.385 e. The molecule has 4 N–H and O–H groups in total. The molecule has 0 saturated heterocycles. The molecule has 0 radical (unpaired) electrons. The third kappa shape index (κ3) is 3.50. The van der Waals surface area contributed by atoms with Gasteiger partial charge in [0.15, 0.2) is 6.19 Å². The van der Waals surface area contributed by atoms with Crippen LogP contribution in [0.2, 0.25) is 0 Å². The number of nitriles is 2. The summed E-state index contributed by atoms with van der Waals surface area (Å²) in [5, 5.41) is 28.4. The molecule has 0 fully saturated rings. The molecule has 0 aliphatic carbocycles. The molecule has 128 valence electrons. The molecule has 2 aromatic rings. The Labute approximate surface area is 152 Å². The highest BCUT2D eigenvalue weighted by atomic mass is 15.1. The molecule has 0 bridgehead atoms. The van der Waals surface area contributed by atoms with Crippen molar-refractivity contribution >= 4 is 6.21 Å². The first-order valence-electron chi connectivity index (χ1n) is 8.14. The number of nitrogens with one attached hydrogen (secondary N) is 2. The molecule has 0 atom stereocenters. The molecule has 1 heterocycles. The van der Waals surface area contributed by atoms with Crippen LogP contribution >= 0.6 is 0 Å². The van der Waals surface area contributed by atoms with Gasteiger partial charge in [0.1, 0.15) is 0 Å². The Morgan fingerprint density at radius 3 is 2.65 bits per heavy atom. The average Bonchev–Trinajstić information content (AvgIpc) is 3.09. The van der Waals surface area contributed by atoms with Crippen molar-refractivity contribution in [3.8, 4) is 23.4 Å². The van der Waals surface area contributed by atoms with E-state index in [0.717, 1.165) is 34.0 Å². The van der Waals surface area contributed by atoms with Gasteiger partial charge in [0, 0.05) is 12.8 Å². The first kappa shape index (κ1) is 17.1. The minimum Gasteiger partial charge on any atom is -0.385 e. The maximum Gasteiger partial charge on any atom is 0.179 e. The number of nitrogens with zero attached hydrogens (tertiary/aromatic N) is 3. The summed E-state index contributed by atoms with van der Waals surface area (Å²) in [7, 11) is 0. The van der Waals surface area contributed by atoms with Gasteiger partial charge in [0.05, 0.1) is 30.5 Å². The molecule has 0 spiro atoms. The van der Waals surface area contributed by atoms with E-state index in [4.69, 9.17) is 16.4 Å². The van der Waals surface area contributed by atoms with E-state index in [-0.39, 0.29) is 0 Å². The normalized spacial score (nSPS) is 12.8. The third-order valence-electron chi connectivity index (χ3n) is 4.34. The number of hydrogen-bond donors (Lipinski definition) is 3. The van der Waals surface area contributed by atoms with E-state index in [1.165, 1.54) is 6.08 Å². The second-order valence-corrected chi connectivity index (χ2v) is 6.07. The lowest BCUT2D eigenvalue weighted by atomic mass is 9.94. The van der Waals surface area contributed by atoms with Crippen molar-refractivity contribution in [3.63, 3.8) is 0 Å². The van der Waals surface area contributed by atoms with Gasteiger partial charge in [-0.2, -0.15) is 10.5 Å². The molecule has 0 saturated carbocycles. The standard InChI is InChI=1S/C20H18N6/c21-6-5-20(24)25-10-15-7-17-11-26(13-23)12-19(17)18(8-15)16-3-1-14(9-22)2-4-16/h1-8,21,25H,10-12,24H2/b20-5+,21-6?. The van der Waals surface area contributed by atoms with Crippen molar-refractivity contribution in [1.82, 2.24) is 10.2 Å². The molecule has 3 rings (SSSR count). The molecule has 6 nitrogen and oxygen atoms in total. The summed E-state index contributed by atoms with van der Waals surface area (Å²) in [5.74, 6) is 0.430. The lowest BCUT2D eigenvalue weighted by Crippen LogP contribution is -2.19. The fourth-order valence-corrected chi connectivity index (χ4v) is 3.09. The molecule has 0 unspecified atom stereocenters. The molecular formula is C20H18N6. The molecule has 1 aliphatic rings. The lowest BCUT2D eigenvalue weighted by molar-refractivity contribution is 0.417. The molecule has 0 aromatic heterocycles. The van der Waals surface area contributed by atoms with E-state index in [1.807, 2.05) is 12.1 Å². The van der Waals surface area contributed by atoms with Gasteiger partial charge in [-0.1, -0.05) is 18.2 Å². The van der Waals surface area contributed by atoms with E-state index < -0.39 is 0 Å². The van der Waals surface area contributed by atoms with Crippen molar-refractivity contribution in [2.45, 2.75) is 19.6 Å². The molecule has 6 heteroatoms. The van der Waals surface area contributed by atoms with Gasteiger partial charge in [0.25, 0.3) is 0 Å². The molecule has 26 heavy (non-hydrogen) atoms. The van der Waals surface area contributed by atoms with Crippen LogP contribution in [0.15, 0.2) is 48.3 Å². The fraction of sp³-hybridized carbons (Fsp3) is 0.150. The van der Waals surface area contributed by atoms with Crippen molar-refractivity contribution in [3.05, 3.63) is 70.5 Å². The van der Waals surface area contributed by atoms with Gasteiger partial charge in [-0.25, -0.2) is 0 Å². The molecule has 0 amide bonds. The molecule has 1 aliphatic heterocycles. The highest BCUT2D eigenvalue weighted by Gasteiger charge is 2.22. The second kappa shape index (κ2) is 7.42. The van der Waals surface area contributed by atoms with Crippen molar-refractivity contribution in [2.75, 3.05) is 0 Å². The number of hydrogen-bond acceptors (Lipinski definition) is 6. The summed E-state index contributed by atoms with van der Waals surface area (Å²) in [6.45, 7) is 1.71. The Morgan fingerprint density at radius 1 is 1.23 bits per heavy atom. The highest BCUT2D eigenvalue weighted by molar-refractivity contribution is 5.71. The predicted octanol–water partition coefficient (Wildman–Crippen LogP) is 2.56. The molecule has 2 aromatic carbocycles. The Hall–Kier alpha value is -3.77.